The van der Waals surface area contributed by atoms with Crippen LogP contribution in [0.2, 0.25) is 0 Å². The molecule has 0 atom stereocenters. The number of carbonyl (C=O) groups is 1. The van der Waals surface area contributed by atoms with Crippen LogP contribution in [0, 0.1) is 17.2 Å². The Hall–Kier alpha value is -3.23. The molecule has 1 aliphatic heterocycles. The number of hydrogen-bond acceptors (Lipinski definition) is 4. The number of hydrogen-bond donors (Lipinski definition) is 1. The third-order valence-corrected chi connectivity index (χ3v) is 6.37. The van der Waals surface area contributed by atoms with Crippen molar-refractivity contribution in [1.82, 2.24) is 15.2 Å². The number of pyridine rings is 1. The number of unbranched alkanes of at least 4 members (excludes halogenated alkanes) is 1. The van der Waals surface area contributed by atoms with Crippen LogP contribution in [0.15, 0.2) is 60.8 Å². The van der Waals surface area contributed by atoms with Gasteiger partial charge in [0.15, 0.2) is 0 Å². The predicted molar refractivity (Wildman–Crippen MR) is 127 cm³/mol. The largest absolute Gasteiger partial charge is 0.352 e. The summed E-state index contributed by atoms with van der Waals surface area (Å²) in [6, 6.07) is 19.8. The number of rotatable bonds is 8. The molecule has 0 bridgehead atoms. The minimum atomic E-state index is -0.0233. The van der Waals surface area contributed by atoms with Gasteiger partial charge in [0.05, 0.1) is 22.7 Å². The zero-order valence-electron chi connectivity index (χ0n) is 18.5. The Bertz CT molecular complexity index is 1090. The molecular formula is C27H30N4O. The Morgan fingerprint density at radius 2 is 1.94 bits per heavy atom. The molecule has 164 valence electrons. The standard InChI is InChI=1S/C27H30N4O/c28-20-23-7-5-6-22(19-23)18-21-11-16-31(17-12-21)15-4-3-13-30-27(32)25-10-14-29-26-9-2-1-8-24(25)26/h1-2,5-10,14,19,21H,3-4,11-13,15-18H2,(H,30,32). The van der Waals surface area contributed by atoms with E-state index in [2.05, 4.69) is 27.3 Å². The SMILES string of the molecule is N#Cc1cccc(CC2CCN(CCCCNC(=O)c3ccnc4ccccc34)CC2)c1. The van der Waals surface area contributed by atoms with Crippen LogP contribution < -0.4 is 5.32 Å². The third-order valence-electron chi connectivity index (χ3n) is 6.37. The van der Waals surface area contributed by atoms with E-state index in [0.717, 1.165) is 55.4 Å². The molecule has 2 aromatic carbocycles. The molecule has 1 amide bonds. The summed E-state index contributed by atoms with van der Waals surface area (Å²) in [6.45, 7) is 4.06. The molecule has 0 radical (unpaired) electrons. The summed E-state index contributed by atoms with van der Waals surface area (Å²) in [7, 11) is 0. The first-order chi connectivity index (χ1) is 15.7. The van der Waals surface area contributed by atoms with E-state index in [1.807, 2.05) is 42.5 Å². The topological polar surface area (TPSA) is 69.0 Å². The normalized spacial score (nSPS) is 14.8. The molecule has 1 aromatic heterocycles. The lowest BCUT2D eigenvalue weighted by Gasteiger charge is -2.32. The van der Waals surface area contributed by atoms with Gasteiger partial charge in [-0.25, -0.2) is 0 Å². The summed E-state index contributed by atoms with van der Waals surface area (Å²) in [5.74, 6) is 0.680. The van der Waals surface area contributed by atoms with E-state index in [0.29, 0.717) is 18.0 Å². The minimum Gasteiger partial charge on any atom is -0.352 e. The summed E-state index contributed by atoms with van der Waals surface area (Å²) >= 11 is 0. The van der Waals surface area contributed by atoms with Crippen molar-refractivity contribution in [2.75, 3.05) is 26.2 Å². The van der Waals surface area contributed by atoms with Crippen LogP contribution in [-0.2, 0) is 6.42 Å². The van der Waals surface area contributed by atoms with Gasteiger partial charge in [0, 0.05) is 18.1 Å². The van der Waals surface area contributed by atoms with Crippen molar-refractivity contribution < 1.29 is 4.79 Å². The fourth-order valence-corrected chi connectivity index (χ4v) is 4.57. The molecule has 0 unspecified atom stereocenters. The first-order valence-electron chi connectivity index (χ1n) is 11.6. The van der Waals surface area contributed by atoms with Crippen molar-refractivity contribution in [2.24, 2.45) is 5.92 Å². The maximum atomic E-state index is 12.6. The van der Waals surface area contributed by atoms with Crippen LogP contribution in [0.1, 0.15) is 47.2 Å². The predicted octanol–water partition coefficient (Wildman–Crippen LogP) is 4.57. The molecule has 0 saturated carbocycles. The van der Waals surface area contributed by atoms with Crippen LogP contribution >= 0.6 is 0 Å². The molecule has 4 rings (SSSR count). The first kappa shape index (κ1) is 22.0. The zero-order valence-corrected chi connectivity index (χ0v) is 18.5. The first-order valence-corrected chi connectivity index (χ1v) is 11.6. The number of benzene rings is 2. The average molecular weight is 427 g/mol. The van der Waals surface area contributed by atoms with E-state index in [4.69, 9.17) is 5.26 Å². The highest BCUT2D eigenvalue weighted by Crippen LogP contribution is 2.22. The summed E-state index contributed by atoms with van der Waals surface area (Å²) in [4.78, 5) is 19.4. The number of amides is 1. The van der Waals surface area contributed by atoms with Crippen molar-refractivity contribution in [1.29, 1.82) is 5.26 Å². The van der Waals surface area contributed by atoms with Crippen LogP contribution in [-0.4, -0.2) is 42.0 Å². The van der Waals surface area contributed by atoms with Gasteiger partial charge < -0.3 is 10.2 Å². The summed E-state index contributed by atoms with van der Waals surface area (Å²) < 4.78 is 0. The van der Waals surface area contributed by atoms with Crippen LogP contribution in [0.4, 0.5) is 0 Å². The molecule has 1 fully saturated rings. The fraction of sp³-hybridized carbons (Fsp3) is 0.370. The molecule has 1 aliphatic rings. The van der Waals surface area contributed by atoms with E-state index in [9.17, 15) is 4.79 Å². The highest BCUT2D eigenvalue weighted by atomic mass is 16.1. The van der Waals surface area contributed by atoms with Gasteiger partial charge in [-0.2, -0.15) is 5.26 Å². The lowest BCUT2D eigenvalue weighted by Crippen LogP contribution is -2.35. The Balaban J connectivity index is 1.14. The van der Waals surface area contributed by atoms with E-state index >= 15 is 0 Å². The lowest BCUT2D eigenvalue weighted by molar-refractivity contribution is 0.0953. The summed E-state index contributed by atoms with van der Waals surface area (Å²) in [5.41, 5.74) is 3.57. The summed E-state index contributed by atoms with van der Waals surface area (Å²) in [6.07, 6.45) is 7.26. The van der Waals surface area contributed by atoms with E-state index in [1.165, 1.54) is 18.4 Å². The maximum Gasteiger partial charge on any atom is 0.252 e. The smallest absolute Gasteiger partial charge is 0.252 e. The molecule has 3 aromatic rings. The number of piperidine rings is 1. The monoisotopic (exact) mass is 426 g/mol. The van der Waals surface area contributed by atoms with Gasteiger partial charge in [0.25, 0.3) is 5.91 Å². The van der Waals surface area contributed by atoms with Gasteiger partial charge >= 0.3 is 0 Å². The van der Waals surface area contributed by atoms with Crippen LogP contribution in [0.3, 0.4) is 0 Å². The van der Waals surface area contributed by atoms with Crippen molar-refractivity contribution in [2.45, 2.75) is 32.1 Å². The Morgan fingerprint density at radius 1 is 1.09 bits per heavy atom. The Kier molecular flexibility index (Phi) is 7.47. The second-order valence-electron chi connectivity index (χ2n) is 8.64. The van der Waals surface area contributed by atoms with Crippen LogP contribution in [0.5, 0.6) is 0 Å². The van der Waals surface area contributed by atoms with E-state index in [-0.39, 0.29) is 5.91 Å². The summed E-state index contributed by atoms with van der Waals surface area (Å²) in [5, 5.41) is 13.0. The molecule has 5 heteroatoms. The van der Waals surface area contributed by atoms with Gasteiger partial charge in [-0.15, -0.1) is 0 Å². The molecule has 0 spiro atoms. The van der Waals surface area contributed by atoms with Gasteiger partial charge in [-0.05, 0) is 87.5 Å². The number of nitrogens with zero attached hydrogens (tertiary/aromatic N) is 3. The Morgan fingerprint density at radius 3 is 2.78 bits per heavy atom. The van der Waals surface area contributed by atoms with Gasteiger partial charge in [0.2, 0.25) is 0 Å². The molecule has 1 saturated heterocycles. The molecular weight excluding hydrogens is 396 g/mol. The van der Waals surface area contributed by atoms with Gasteiger partial charge in [0.1, 0.15) is 0 Å². The second-order valence-corrected chi connectivity index (χ2v) is 8.64. The highest BCUT2D eigenvalue weighted by molar-refractivity contribution is 6.05. The fourth-order valence-electron chi connectivity index (χ4n) is 4.57. The number of likely N-dealkylation sites (tertiary alicyclic amines) is 1. The number of para-hydroxylation sites is 1. The van der Waals surface area contributed by atoms with Gasteiger partial charge in [-0.1, -0.05) is 30.3 Å². The van der Waals surface area contributed by atoms with Gasteiger partial charge in [-0.3, -0.25) is 9.78 Å². The molecule has 1 N–H and O–H groups in total. The average Bonchev–Trinajstić information content (AvgIpc) is 2.84. The van der Waals surface area contributed by atoms with Crippen molar-refractivity contribution in [3.63, 3.8) is 0 Å². The highest BCUT2D eigenvalue weighted by Gasteiger charge is 2.19. The van der Waals surface area contributed by atoms with E-state index in [1.54, 1.807) is 12.3 Å². The Labute approximate surface area is 190 Å². The third kappa shape index (κ3) is 5.72. The van der Waals surface area contributed by atoms with Crippen molar-refractivity contribution >= 4 is 16.8 Å². The van der Waals surface area contributed by atoms with Crippen molar-refractivity contribution in [3.8, 4) is 6.07 Å². The molecule has 0 aliphatic carbocycles. The molecule has 2 heterocycles. The maximum absolute atomic E-state index is 12.6. The van der Waals surface area contributed by atoms with Crippen LogP contribution in [0.25, 0.3) is 10.9 Å². The number of nitriles is 1. The molecule has 5 nitrogen and oxygen atoms in total. The number of nitrogens with one attached hydrogen (secondary N) is 1. The minimum absolute atomic E-state index is 0.0233. The lowest BCUT2D eigenvalue weighted by atomic mass is 9.89. The number of aromatic nitrogens is 1. The quantitative estimate of drug-likeness (QED) is 0.536. The second kappa shape index (κ2) is 10.9. The number of carbonyl (C=O) groups excluding carboxylic acids is 1. The zero-order chi connectivity index (χ0) is 22.2. The van der Waals surface area contributed by atoms with E-state index < -0.39 is 0 Å². The number of fused-ring (bicyclic) bond motifs is 1. The molecule has 32 heavy (non-hydrogen) atoms. The van der Waals surface area contributed by atoms with Crippen molar-refractivity contribution in [3.05, 3.63) is 77.5 Å².